The molecule has 4 heteroatoms. The topological polar surface area (TPSA) is 66.8 Å². The molecule has 0 bridgehead atoms. The van der Waals surface area contributed by atoms with Gasteiger partial charge in [0, 0.05) is 13.0 Å². The minimum Gasteiger partial charge on any atom is -0.469 e. The van der Waals surface area contributed by atoms with Crippen LogP contribution in [0.3, 0.4) is 0 Å². The van der Waals surface area contributed by atoms with Crippen molar-refractivity contribution in [2.24, 2.45) is 11.8 Å². The van der Waals surface area contributed by atoms with E-state index >= 15 is 0 Å². The van der Waals surface area contributed by atoms with Gasteiger partial charge in [-0.05, 0) is 43.9 Å². The summed E-state index contributed by atoms with van der Waals surface area (Å²) in [5, 5.41) is 19.0. The normalized spacial score (nSPS) is 27.8. The molecule has 1 rings (SSSR count). The van der Waals surface area contributed by atoms with Gasteiger partial charge in [0.2, 0.25) is 0 Å². The highest BCUT2D eigenvalue weighted by atomic mass is 16.5. The monoisotopic (exact) mass is 256 g/mol. The third kappa shape index (κ3) is 4.78. The second kappa shape index (κ2) is 8.27. The number of methoxy groups -OCH3 is 1. The van der Waals surface area contributed by atoms with Gasteiger partial charge < -0.3 is 14.9 Å². The lowest BCUT2D eigenvalue weighted by Gasteiger charge is -2.18. The molecule has 0 aliphatic heterocycles. The maximum absolute atomic E-state index is 10.9. The van der Waals surface area contributed by atoms with Gasteiger partial charge in [0.15, 0.2) is 0 Å². The van der Waals surface area contributed by atoms with Crippen molar-refractivity contribution in [1.29, 1.82) is 0 Å². The van der Waals surface area contributed by atoms with Gasteiger partial charge in [0.05, 0.1) is 13.2 Å². The Bertz CT molecular complexity index is 275. The molecule has 0 aromatic carbocycles. The van der Waals surface area contributed by atoms with Crippen molar-refractivity contribution < 1.29 is 19.7 Å². The van der Waals surface area contributed by atoms with Crippen LogP contribution in [-0.4, -0.2) is 36.0 Å². The average Bonchev–Trinajstić information content (AvgIpc) is 2.74. The quantitative estimate of drug-likeness (QED) is 0.413. The number of carbonyl (C=O) groups is 1. The molecule has 18 heavy (non-hydrogen) atoms. The van der Waals surface area contributed by atoms with Gasteiger partial charge in [-0.15, -0.1) is 0 Å². The van der Waals surface area contributed by atoms with Crippen LogP contribution in [0.25, 0.3) is 0 Å². The molecule has 3 unspecified atom stereocenters. The highest BCUT2D eigenvalue weighted by molar-refractivity contribution is 5.68. The van der Waals surface area contributed by atoms with E-state index in [4.69, 9.17) is 0 Å². The maximum Gasteiger partial charge on any atom is 0.305 e. The second-order valence-corrected chi connectivity index (χ2v) is 4.93. The fourth-order valence-corrected chi connectivity index (χ4v) is 2.54. The molecule has 1 fully saturated rings. The molecule has 4 nitrogen and oxygen atoms in total. The molecule has 3 atom stereocenters. The van der Waals surface area contributed by atoms with E-state index < -0.39 is 0 Å². The van der Waals surface area contributed by atoms with Crippen LogP contribution < -0.4 is 0 Å². The Kier molecular flexibility index (Phi) is 6.98. The van der Waals surface area contributed by atoms with Crippen LogP contribution in [0.15, 0.2) is 12.2 Å². The molecule has 0 spiro atoms. The van der Waals surface area contributed by atoms with E-state index in [-0.39, 0.29) is 30.5 Å². The number of carbonyl (C=O) groups excluding carboxylic acids is 1. The molecule has 1 aliphatic rings. The van der Waals surface area contributed by atoms with E-state index in [1.165, 1.54) is 7.11 Å². The summed E-state index contributed by atoms with van der Waals surface area (Å²) >= 11 is 0. The van der Waals surface area contributed by atoms with E-state index in [1.54, 1.807) is 0 Å². The van der Waals surface area contributed by atoms with E-state index in [0.29, 0.717) is 6.42 Å². The van der Waals surface area contributed by atoms with Gasteiger partial charge in [0.25, 0.3) is 0 Å². The van der Waals surface area contributed by atoms with Gasteiger partial charge in [-0.3, -0.25) is 4.79 Å². The summed E-state index contributed by atoms with van der Waals surface area (Å²) < 4.78 is 4.56. The molecule has 0 amide bonds. The van der Waals surface area contributed by atoms with E-state index in [2.05, 4.69) is 10.8 Å². The Labute approximate surface area is 109 Å². The van der Waals surface area contributed by atoms with Gasteiger partial charge in [-0.25, -0.2) is 0 Å². The lowest BCUT2D eigenvalue weighted by molar-refractivity contribution is -0.140. The minimum atomic E-state index is -0.276. The molecule has 1 saturated carbocycles. The number of aliphatic hydroxyl groups is 2. The number of hydrogen-bond acceptors (Lipinski definition) is 4. The summed E-state index contributed by atoms with van der Waals surface area (Å²) in [6, 6.07) is 0. The molecule has 0 aromatic heterocycles. The summed E-state index contributed by atoms with van der Waals surface area (Å²) in [4.78, 5) is 10.9. The number of aliphatic hydroxyl groups excluding tert-OH is 2. The molecule has 0 aromatic rings. The Morgan fingerprint density at radius 3 is 2.83 bits per heavy atom. The Morgan fingerprint density at radius 1 is 1.39 bits per heavy atom. The molecule has 0 radical (unpaired) electrons. The van der Waals surface area contributed by atoms with Crippen molar-refractivity contribution in [3.05, 3.63) is 12.2 Å². The van der Waals surface area contributed by atoms with Crippen LogP contribution in [0.1, 0.15) is 38.5 Å². The summed E-state index contributed by atoms with van der Waals surface area (Å²) in [5.74, 6) is 0.251. The van der Waals surface area contributed by atoms with Crippen molar-refractivity contribution in [3.63, 3.8) is 0 Å². The van der Waals surface area contributed by atoms with Crippen LogP contribution in [0.5, 0.6) is 0 Å². The Hall–Kier alpha value is -0.870. The van der Waals surface area contributed by atoms with E-state index in [9.17, 15) is 15.0 Å². The fraction of sp³-hybridized carbons (Fsp3) is 0.786. The number of ether oxygens (including phenoxy) is 1. The first-order chi connectivity index (χ1) is 8.69. The summed E-state index contributed by atoms with van der Waals surface area (Å²) in [5.41, 5.74) is 0. The first-order valence-corrected chi connectivity index (χ1v) is 6.69. The van der Waals surface area contributed by atoms with Gasteiger partial charge >= 0.3 is 5.97 Å². The van der Waals surface area contributed by atoms with Crippen LogP contribution >= 0.6 is 0 Å². The van der Waals surface area contributed by atoms with E-state index in [0.717, 1.165) is 32.1 Å². The van der Waals surface area contributed by atoms with Crippen molar-refractivity contribution in [2.45, 2.75) is 44.6 Å². The van der Waals surface area contributed by atoms with Crippen molar-refractivity contribution >= 4 is 5.97 Å². The Balaban J connectivity index is 2.17. The van der Waals surface area contributed by atoms with Crippen molar-refractivity contribution in [3.8, 4) is 0 Å². The third-order valence-electron chi connectivity index (χ3n) is 3.72. The van der Waals surface area contributed by atoms with Gasteiger partial charge in [-0.1, -0.05) is 12.2 Å². The summed E-state index contributed by atoms with van der Waals surface area (Å²) in [7, 11) is 1.40. The molecule has 104 valence electrons. The second-order valence-electron chi connectivity index (χ2n) is 4.93. The van der Waals surface area contributed by atoms with Crippen molar-refractivity contribution in [1.82, 2.24) is 0 Å². The van der Waals surface area contributed by atoms with Crippen LogP contribution in [-0.2, 0) is 9.53 Å². The van der Waals surface area contributed by atoms with Crippen LogP contribution in [0.2, 0.25) is 0 Å². The number of allylic oxidation sites excluding steroid dienone is 2. The smallest absolute Gasteiger partial charge is 0.305 e. The molecular weight excluding hydrogens is 232 g/mol. The van der Waals surface area contributed by atoms with Gasteiger partial charge in [0.1, 0.15) is 0 Å². The van der Waals surface area contributed by atoms with Crippen LogP contribution in [0.4, 0.5) is 0 Å². The molecule has 0 heterocycles. The standard InChI is InChI=1S/C14H24O4/c1-18-14(17)7-5-3-2-4-6-12-11(10-15)8-9-13(12)16/h2,4,11-13,15-16H,3,5-10H2,1H3/b4-2+. The van der Waals surface area contributed by atoms with Crippen LogP contribution in [0, 0.1) is 11.8 Å². The minimum absolute atomic E-state index is 0.165. The fourth-order valence-electron chi connectivity index (χ4n) is 2.54. The lowest BCUT2D eigenvalue weighted by atomic mass is 9.92. The zero-order valence-electron chi connectivity index (χ0n) is 11.0. The molecule has 0 saturated heterocycles. The average molecular weight is 256 g/mol. The van der Waals surface area contributed by atoms with Gasteiger partial charge in [-0.2, -0.15) is 0 Å². The van der Waals surface area contributed by atoms with Crippen molar-refractivity contribution in [2.75, 3.05) is 13.7 Å². The highest BCUT2D eigenvalue weighted by Gasteiger charge is 2.33. The lowest BCUT2D eigenvalue weighted by Crippen LogP contribution is -2.20. The highest BCUT2D eigenvalue weighted by Crippen LogP contribution is 2.34. The zero-order chi connectivity index (χ0) is 13.4. The molecular formula is C14H24O4. The third-order valence-corrected chi connectivity index (χ3v) is 3.72. The zero-order valence-corrected chi connectivity index (χ0v) is 11.0. The predicted molar refractivity (Wildman–Crippen MR) is 68.9 cm³/mol. The SMILES string of the molecule is COC(=O)CCC/C=C/CC1C(O)CCC1CO. The first kappa shape index (κ1) is 15.2. The largest absolute Gasteiger partial charge is 0.469 e. The first-order valence-electron chi connectivity index (χ1n) is 6.69. The van der Waals surface area contributed by atoms with E-state index in [1.807, 2.05) is 6.08 Å². The number of hydrogen-bond donors (Lipinski definition) is 2. The summed E-state index contributed by atoms with van der Waals surface area (Å²) in [6.45, 7) is 0.165. The summed E-state index contributed by atoms with van der Waals surface area (Å²) in [6.07, 6.45) is 8.44. The number of rotatable bonds is 7. The number of esters is 1. The molecule has 2 N–H and O–H groups in total. The number of unbranched alkanes of at least 4 members (excludes halogenated alkanes) is 1. The molecule has 1 aliphatic carbocycles. The Morgan fingerprint density at radius 2 is 2.17 bits per heavy atom. The maximum atomic E-state index is 10.9. The predicted octanol–water partition coefficient (Wildman–Crippen LogP) is 1.66.